The maximum atomic E-state index is 10.2. The van der Waals surface area contributed by atoms with Gasteiger partial charge in [0.2, 0.25) is 0 Å². The number of hydrogen-bond donors (Lipinski definition) is 0. The molecule has 0 aliphatic rings. The van der Waals surface area contributed by atoms with Gasteiger partial charge in [0.05, 0.1) is 0 Å². The fourth-order valence-corrected chi connectivity index (χ4v) is 0.280. The van der Waals surface area contributed by atoms with Crippen molar-refractivity contribution in [3.8, 4) is 0 Å². The average molecular weight is 330 g/mol. The zero-order valence-electron chi connectivity index (χ0n) is 5.31. The molecule has 0 fully saturated rings. The molecule has 62 valence electrons. The second-order valence-electron chi connectivity index (χ2n) is 1.36. The number of ether oxygens (including phenoxy) is 1. The van der Waals surface area contributed by atoms with Crippen LogP contribution in [0.3, 0.4) is 0 Å². The number of rotatable bonds is 4. The first-order valence-corrected chi connectivity index (χ1v) is 2.35. The molecule has 0 N–H and O–H groups in total. The first-order valence-electron chi connectivity index (χ1n) is 2.35. The van der Waals surface area contributed by atoms with E-state index in [9.17, 15) is 19.7 Å². The molecule has 0 spiro atoms. The van der Waals surface area contributed by atoms with Crippen molar-refractivity contribution in [1.29, 1.82) is 0 Å². The molecule has 6 nitrogen and oxygen atoms in total. The molecule has 0 aromatic rings. The van der Waals surface area contributed by atoms with Gasteiger partial charge in [-0.3, -0.25) is 10.1 Å². The number of nitrogens with zero attached hydrogens (tertiary/aromatic N) is 1. The summed E-state index contributed by atoms with van der Waals surface area (Å²) in [5.41, 5.74) is 0. The van der Waals surface area contributed by atoms with Crippen LogP contribution in [0.15, 0.2) is 0 Å². The van der Waals surface area contributed by atoms with Crippen molar-refractivity contribution in [2.24, 2.45) is 0 Å². The molecule has 0 amide bonds. The van der Waals surface area contributed by atoms with Gasteiger partial charge in [0.15, 0.2) is 19.0 Å². The topological polar surface area (TPSA) is 86.5 Å². The fourth-order valence-electron chi connectivity index (χ4n) is 0.280. The summed E-state index contributed by atoms with van der Waals surface area (Å²) in [4.78, 5) is 28.4. The monoisotopic (exact) mass is 330 g/mol. The fraction of sp³-hybridized carbons (Fsp3) is 0.500. The third-order valence-electron chi connectivity index (χ3n) is 0.654. The molecular weight excluding hydrogens is 326 g/mol. The summed E-state index contributed by atoms with van der Waals surface area (Å²) < 4.78 is 3.64. The summed E-state index contributed by atoms with van der Waals surface area (Å²) in [6, 6.07) is 0. The molecule has 0 saturated heterocycles. The predicted octanol–water partition coefficient (Wildman–Crippen LogP) is -0.739. The summed E-state index contributed by atoms with van der Waals surface area (Å²) >= 11 is 0. The van der Waals surface area contributed by atoms with Crippen molar-refractivity contribution in [3.05, 3.63) is 10.1 Å². The van der Waals surface area contributed by atoms with Crippen LogP contribution in [0.2, 0.25) is 0 Å². The van der Waals surface area contributed by atoms with Gasteiger partial charge in [0.25, 0.3) is 0 Å². The molecule has 0 atom stereocenters. The van der Waals surface area contributed by atoms with E-state index in [0.717, 1.165) is 6.47 Å². The molecule has 7 heteroatoms. The van der Waals surface area contributed by atoms with E-state index < -0.39 is 23.9 Å². The molecule has 0 heterocycles. The number of hydrogen-bond acceptors (Lipinski definition) is 5. The van der Waals surface area contributed by atoms with E-state index in [1.807, 2.05) is 0 Å². The summed E-state index contributed by atoms with van der Waals surface area (Å²) in [5, 5.41) is 9.61. The van der Waals surface area contributed by atoms with Gasteiger partial charge in [-0.15, -0.1) is 0 Å². The van der Waals surface area contributed by atoms with Crippen molar-refractivity contribution < 1.29 is 40.3 Å². The second-order valence-corrected chi connectivity index (χ2v) is 1.36. The van der Waals surface area contributed by atoms with Gasteiger partial charge in [0.1, 0.15) is 0 Å². The maximum absolute atomic E-state index is 10.2. The van der Waals surface area contributed by atoms with Crippen LogP contribution in [-0.2, 0) is 35.4 Å². The molecule has 0 unspecified atom stereocenters. The molecule has 0 aromatic heterocycles. The van der Waals surface area contributed by atoms with Crippen molar-refractivity contribution in [2.45, 2.75) is 6.42 Å². The van der Waals surface area contributed by atoms with Crippen LogP contribution in [0, 0.1) is 10.1 Å². The van der Waals surface area contributed by atoms with Gasteiger partial charge < -0.3 is 14.3 Å². The standard InChI is InChI=1S/C4H4NO5.W/c6-3-10-4(7)1-2-5(8)9;/h1-2H2;/q-1;. The van der Waals surface area contributed by atoms with Crippen LogP contribution in [0.4, 0.5) is 0 Å². The molecule has 0 aliphatic heterocycles. The van der Waals surface area contributed by atoms with Crippen LogP contribution in [0.25, 0.3) is 0 Å². The van der Waals surface area contributed by atoms with E-state index in [-0.39, 0.29) is 21.1 Å². The molecule has 0 aromatic carbocycles. The zero-order valence-corrected chi connectivity index (χ0v) is 8.24. The summed E-state index contributed by atoms with van der Waals surface area (Å²) in [6.45, 7) is 0.342. The van der Waals surface area contributed by atoms with Crippen LogP contribution in [0.1, 0.15) is 6.42 Å². The molecule has 0 bridgehead atoms. The van der Waals surface area contributed by atoms with E-state index in [1.165, 1.54) is 0 Å². The van der Waals surface area contributed by atoms with E-state index in [1.54, 1.807) is 0 Å². The van der Waals surface area contributed by atoms with Gasteiger partial charge >= 0.3 is 0 Å². The number of carbonyl (C=O) groups excluding carboxylic acids is 2. The van der Waals surface area contributed by atoms with Crippen LogP contribution < -0.4 is 0 Å². The quantitative estimate of drug-likeness (QED) is 0.223. The second kappa shape index (κ2) is 7.34. The van der Waals surface area contributed by atoms with Crippen LogP contribution in [-0.4, -0.2) is 23.9 Å². The summed E-state index contributed by atoms with van der Waals surface area (Å²) in [5.74, 6) is -0.938. The van der Waals surface area contributed by atoms with Gasteiger partial charge in [-0.2, -0.15) is 0 Å². The first kappa shape index (κ1) is 12.9. The number of carbonyl (C=O) groups is 1. The Bertz CT molecular complexity index is 159. The average Bonchev–Trinajstić information content (AvgIpc) is 1.85. The maximum Gasteiger partial charge on any atom is 0.198 e. The smallest absolute Gasteiger partial charge is 0.198 e. The van der Waals surface area contributed by atoms with Gasteiger partial charge in [0, 0.05) is 32.4 Å². The van der Waals surface area contributed by atoms with Crippen LogP contribution in [0.5, 0.6) is 0 Å². The summed E-state index contributed by atoms with van der Waals surface area (Å²) in [6.07, 6.45) is -0.401. The van der Waals surface area contributed by atoms with E-state index in [4.69, 9.17) is 0 Å². The minimum absolute atomic E-state index is 0. The Morgan fingerprint density at radius 2 is 2.18 bits per heavy atom. The van der Waals surface area contributed by atoms with Gasteiger partial charge in [-0.1, -0.05) is 0 Å². The van der Waals surface area contributed by atoms with Crippen molar-refractivity contribution >= 4 is 12.4 Å². The normalized spacial score (nSPS) is 7.64. The molecule has 11 heavy (non-hydrogen) atoms. The zero-order chi connectivity index (χ0) is 7.98. The van der Waals surface area contributed by atoms with Crippen molar-refractivity contribution in [1.82, 2.24) is 0 Å². The van der Waals surface area contributed by atoms with E-state index in [0.29, 0.717) is 0 Å². The van der Waals surface area contributed by atoms with Crippen LogP contribution >= 0.6 is 0 Å². The first-order chi connectivity index (χ1) is 4.66. The van der Waals surface area contributed by atoms with Gasteiger partial charge in [-0.05, 0) is 0 Å². The van der Waals surface area contributed by atoms with Crippen molar-refractivity contribution in [2.75, 3.05) is 6.54 Å². The minimum Gasteiger partial charge on any atom is -0.584 e. The van der Waals surface area contributed by atoms with Gasteiger partial charge in [-0.25, -0.2) is 0 Å². The Hall–Kier alpha value is -0.772. The molecule has 0 saturated carbocycles. The largest absolute Gasteiger partial charge is 0.584 e. The van der Waals surface area contributed by atoms with E-state index in [2.05, 4.69) is 4.74 Å². The Kier molecular flexibility index (Phi) is 8.58. The molecule has 0 rings (SSSR count). The Labute approximate surface area is 76.3 Å². The number of nitro groups is 1. The molecule has 0 aliphatic carbocycles. The SMILES string of the molecule is O=[C-]OC(=O)CC[N+](=O)[O-].[W]. The predicted molar refractivity (Wildman–Crippen MR) is 28.3 cm³/mol. The molecular formula is C4H4NO5W-. The Balaban J connectivity index is 0. The minimum atomic E-state index is -0.938. The third kappa shape index (κ3) is 9.23. The summed E-state index contributed by atoms with van der Waals surface area (Å²) in [7, 11) is 0. The molecule has 0 radical (unpaired) electrons. The Morgan fingerprint density at radius 1 is 1.64 bits per heavy atom. The third-order valence-corrected chi connectivity index (χ3v) is 0.654. The Morgan fingerprint density at radius 3 is 2.55 bits per heavy atom. The van der Waals surface area contributed by atoms with Crippen molar-refractivity contribution in [3.63, 3.8) is 0 Å². The van der Waals surface area contributed by atoms with E-state index >= 15 is 0 Å². The number of esters is 1.